The number of halogens is 1. The SMILES string of the molecule is CC(OCCC(=O)O)c1ccc(OCCN(CCC2CCCC2)C(=O)Nc2ccc(Cl)cc2)cc1. The lowest BCUT2D eigenvalue weighted by atomic mass is 10.0. The van der Waals surface area contributed by atoms with Gasteiger partial charge in [0, 0.05) is 17.3 Å². The fraction of sp³-hybridized carbons (Fsp3) is 0.481. The number of carboxylic acid groups (broad SMARTS) is 1. The fourth-order valence-corrected chi connectivity index (χ4v) is 4.34. The third-order valence-electron chi connectivity index (χ3n) is 6.33. The molecule has 1 aliphatic rings. The van der Waals surface area contributed by atoms with E-state index in [1.54, 1.807) is 24.3 Å². The summed E-state index contributed by atoms with van der Waals surface area (Å²) >= 11 is 5.95. The number of hydrogen-bond donors (Lipinski definition) is 2. The number of carbonyl (C=O) groups excluding carboxylic acids is 1. The Morgan fingerprint density at radius 2 is 1.74 bits per heavy atom. The monoisotopic (exact) mass is 502 g/mol. The Bertz CT molecular complexity index is 930. The number of hydrogen-bond acceptors (Lipinski definition) is 4. The lowest BCUT2D eigenvalue weighted by Crippen LogP contribution is -2.39. The second kappa shape index (κ2) is 14.0. The van der Waals surface area contributed by atoms with Crippen molar-refractivity contribution in [1.82, 2.24) is 4.90 Å². The Morgan fingerprint density at radius 3 is 2.40 bits per heavy atom. The number of urea groups is 1. The van der Waals surface area contributed by atoms with E-state index < -0.39 is 5.97 Å². The Hall–Kier alpha value is -2.77. The predicted octanol–water partition coefficient (Wildman–Crippen LogP) is 6.39. The van der Waals surface area contributed by atoms with E-state index in [-0.39, 0.29) is 25.2 Å². The molecule has 0 saturated heterocycles. The Kier molecular flexibility index (Phi) is 10.7. The van der Waals surface area contributed by atoms with Crippen molar-refractivity contribution in [3.05, 3.63) is 59.1 Å². The second-order valence-electron chi connectivity index (χ2n) is 8.94. The molecule has 190 valence electrons. The topological polar surface area (TPSA) is 88.1 Å². The van der Waals surface area contributed by atoms with E-state index in [1.807, 2.05) is 36.1 Å². The van der Waals surface area contributed by atoms with E-state index in [0.29, 0.717) is 42.1 Å². The summed E-state index contributed by atoms with van der Waals surface area (Å²) in [6.07, 6.45) is 5.83. The van der Waals surface area contributed by atoms with Crippen molar-refractivity contribution in [3.63, 3.8) is 0 Å². The van der Waals surface area contributed by atoms with Gasteiger partial charge in [0.15, 0.2) is 0 Å². The normalized spacial score (nSPS) is 14.5. The molecule has 7 nitrogen and oxygen atoms in total. The minimum absolute atomic E-state index is 0.0195. The number of anilines is 1. The molecule has 0 spiro atoms. The van der Waals surface area contributed by atoms with Gasteiger partial charge in [-0.1, -0.05) is 49.4 Å². The lowest BCUT2D eigenvalue weighted by Gasteiger charge is -2.25. The molecule has 1 unspecified atom stereocenters. The van der Waals surface area contributed by atoms with Gasteiger partial charge >= 0.3 is 12.0 Å². The quantitative estimate of drug-likeness (QED) is 0.331. The highest BCUT2D eigenvalue weighted by Gasteiger charge is 2.19. The van der Waals surface area contributed by atoms with Gasteiger partial charge in [-0.05, 0) is 61.2 Å². The standard InChI is InChI=1S/C27H35ClN2O5/c1-20(34-18-15-26(31)32)22-6-12-25(13-7-22)35-19-17-30(16-14-21-4-2-3-5-21)27(33)29-24-10-8-23(28)9-11-24/h6-13,20-21H,2-5,14-19H2,1H3,(H,29,33)(H,31,32). The molecule has 1 atom stereocenters. The zero-order valence-electron chi connectivity index (χ0n) is 20.2. The summed E-state index contributed by atoms with van der Waals surface area (Å²) in [5.74, 6) is 0.523. The van der Waals surface area contributed by atoms with Gasteiger partial charge in [0.25, 0.3) is 0 Å². The van der Waals surface area contributed by atoms with E-state index in [0.717, 1.165) is 12.0 Å². The molecule has 2 N–H and O–H groups in total. The number of carboxylic acids is 1. The molecule has 2 amide bonds. The fourth-order valence-electron chi connectivity index (χ4n) is 4.22. The Balaban J connectivity index is 1.50. The van der Waals surface area contributed by atoms with Crippen molar-refractivity contribution < 1.29 is 24.2 Å². The molecule has 0 heterocycles. The highest BCUT2D eigenvalue weighted by Crippen LogP contribution is 2.28. The maximum absolute atomic E-state index is 13.0. The van der Waals surface area contributed by atoms with Gasteiger partial charge in [-0.3, -0.25) is 4.79 Å². The summed E-state index contributed by atoms with van der Waals surface area (Å²) in [6, 6.07) is 14.5. The molecule has 35 heavy (non-hydrogen) atoms. The zero-order valence-corrected chi connectivity index (χ0v) is 21.0. The summed E-state index contributed by atoms with van der Waals surface area (Å²) in [5.41, 5.74) is 1.66. The predicted molar refractivity (Wildman–Crippen MR) is 137 cm³/mol. The molecule has 3 rings (SSSR count). The summed E-state index contributed by atoms with van der Waals surface area (Å²) < 4.78 is 11.5. The zero-order chi connectivity index (χ0) is 25.0. The number of nitrogens with one attached hydrogen (secondary N) is 1. The number of rotatable bonds is 13. The van der Waals surface area contributed by atoms with Crippen LogP contribution in [0.5, 0.6) is 5.75 Å². The van der Waals surface area contributed by atoms with Crippen molar-refractivity contribution in [2.75, 3.05) is 31.6 Å². The first kappa shape index (κ1) is 26.8. The summed E-state index contributed by atoms with van der Waals surface area (Å²) in [6.45, 7) is 3.60. The van der Waals surface area contributed by atoms with Crippen molar-refractivity contribution in [2.45, 2.75) is 51.6 Å². The van der Waals surface area contributed by atoms with Crippen LogP contribution in [0, 0.1) is 5.92 Å². The van der Waals surface area contributed by atoms with E-state index in [9.17, 15) is 9.59 Å². The third-order valence-corrected chi connectivity index (χ3v) is 6.58. The van der Waals surface area contributed by atoms with Crippen molar-refractivity contribution in [3.8, 4) is 5.75 Å². The summed E-state index contributed by atoms with van der Waals surface area (Å²) in [5, 5.41) is 12.3. The van der Waals surface area contributed by atoms with Crippen LogP contribution in [-0.2, 0) is 9.53 Å². The van der Waals surface area contributed by atoms with Crippen LogP contribution >= 0.6 is 11.6 Å². The number of aliphatic carboxylic acids is 1. The van der Waals surface area contributed by atoms with E-state index in [1.165, 1.54) is 25.7 Å². The number of nitrogens with zero attached hydrogens (tertiary/aromatic N) is 1. The number of benzene rings is 2. The number of carbonyl (C=O) groups is 2. The molecule has 0 aliphatic heterocycles. The highest BCUT2D eigenvalue weighted by atomic mass is 35.5. The number of amides is 2. The summed E-state index contributed by atoms with van der Waals surface area (Å²) in [4.78, 5) is 25.4. The Labute approximate surface area is 212 Å². The molecule has 0 aromatic heterocycles. The molecule has 1 saturated carbocycles. The summed E-state index contributed by atoms with van der Waals surface area (Å²) in [7, 11) is 0. The van der Waals surface area contributed by atoms with Crippen LogP contribution in [0.2, 0.25) is 5.02 Å². The number of ether oxygens (including phenoxy) is 2. The molecule has 2 aromatic rings. The van der Waals surface area contributed by atoms with Gasteiger partial charge in [-0.15, -0.1) is 0 Å². The molecule has 1 fully saturated rings. The van der Waals surface area contributed by atoms with Crippen LogP contribution in [0.25, 0.3) is 0 Å². The maximum Gasteiger partial charge on any atom is 0.321 e. The largest absolute Gasteiger partial charge is 0.492 e. The molecule has 1 aliphatic carbocycles. The van der Waals surface area contributed by atoms with Gasteiger partial charge in [0.2, 0.25) is 0 Å². The van der Waals surface area contributed by atoms with Gasteiger partial charge in [-0.2, -0.15) is 0 Å². The van der Waals surface area contributed by atoms with Crippen LogP contribution in [0.1, 0.15) is 57.1 Å². The molecule has 0 bridgehead atoms. The second-order valence-corrected chi connectivity index (χ2v) is 9.37. The molecule has 0 radical (unpaired) electrons. The first-order valence-electron chi connectivity index (χ1n) is 12.3. The smallest absolute Gasteiger partial charge is 0.321 e. The molecule has 2 aromatic carbocycles. The molecule has 8 heteroatoms. The first-order chi connectivity index (χ1) is 16.9. The van der Waals surface area contributed by atoms with E-state index in [4.69, 9.17) is 26.2 Å². The van der Waals surface area contributed by atoms with Crippen LogP contribution < -0.4 is 10.1 Å². The highest BCUT2D eigenvalue weighted by molar-refractivity contribution is 6.30. The van der Waals surface area contributed by atoms with Gasteiger partial charge in [-0.25, -0.2) is 4.79 Å². The van der Waals surface area contributed by atoms with Crippen LogP contribution in [0.4, 0.5) is 10.5 Å². The minimum atomic E-state index is -0.875. The average molecular weight is 503 g/mol. The van der Waals surface area contributed by atoms with Gasteiger partial charge in [0.05, 0.1) is 25.7 Å². The van der Waals surface area contributed by atoms with Gasteiger partial charge in [0.1, 0.15) is 12.4 Å². The minimum Gasteiger partial charge on any atom is -0.492 e. The van der Waals surface area contributed by atoms with Crippen LogP contribution in [0.15, 0.2) is 48.5 Å². The van der Waals surface area contributed by atoms with Crippen LogP contribution in [0.3, 0.4) is 0 Å². The van der Waals surface area contributed by atoms with Gasteiger partial charge < -0.3 is 24.8 Å². The van der Waals surface area contributed by atoms with Crippen molar-refractivity contribution >= 4 is 29.3 Å². The molecular weight excluding hydrogens is 468 g/mol. The van der Waals surface area contributed by atoms with Crippen molar-refractivity contribution in [2.24, 2.45) is 5.92 Å². The van der Waals surface area contributed by atoms with E-state index >= 15 is 0 Å². The third kappa shape index (κ3) is 9.42. The lowest BCUT2D eigenvalue weighted by molar-refractivity contribution is -0.138. The average Bonchev–Trinajstić information content (AvgIpc) is 3.36. The van der Waals surface area contributed by atoms with Crippen LogP contribution in [-0.4, -0.2) is 48.3 Å². The van der Waals surface area contributed by atoms with Crippen molar-refractivity contribution in [1.29, 1.82) is 0 Å². The first-order valence-corrected chi connectivity index (χ1v) is 12.7. The maximum atomic E-state index is 13.0. The molecular formula is C27H35ClN2O5. The van der Waals surface area contributed by atoms with E-state index in [2.05, 4.69) is 5.32 Å². The Morgan fingerprint density at radius 1 is 1.06 bits per heavy atom.